The lowest BCUT2D eigenvalue weighted by molar-refractivity contribution is -0.143. The topological polar surface area (TPSA) is 95.9 Å². The van der Waals surface area contributed by atoms with Crippen molar-refractivity contribution in [1.82, 2.24) is 5.32 Å². The highest BCUT2D eigenvalue weighted by Crippen LogP contribution is 2.19. The van der Waals surface area contributed by atoms with Crippen LogP contribution >= 0.6 is 0 Å². The normalized spacial score (nSPS) is 12.5. The molecule has 73 heavy (non-hydrogen) atoms. The van der Waals surface area contributed by atoms with Crippen molar-refractivity contribution >= 4 is 11.9 Å². The largest absolute Gasteiger partial charge is 0.466 e. The first-order valence-electron chi connectivity index (χ1n) is 33.4. The number of aliphatic hydroxyl groups excluding tert-OH is 2. The van der Waals surface area contributed by atoms with Crippen molar-refractivity contribution in [3.05, 3.63) is 12.2 Å². The molecule has 3 N–H and O–H groups in total. The van der Waals surface area contributed by atoms with Gasteiger partial charge in [0, 0.05) is 12.8 Å². The minimum Gasteiger partial charge on any atom is -0.466 e. The van der Waals surface area contributed by atoms with Gasteiger partial charge in [-0.15, -0.1) is 0 Å². The van der Waals surface area contributed by atoms with Gasteiger partial charge in [-0.25, -0.2) is 0 Å². The zero-order chi connectivity index (χ0) is 52.9. The van der Waals surface area contributed by atoms with Crippen LogP contribution in [-0.2, 0) is 14.3 Å². The lowest BCUT2D eigenvalue weighted by Gasteiger charge is -2.22. The molecule has 0 aliphatic carbocycles. The summed E-state index contributed by atoms with van der Waals surface area (Å²) >= 11 is 0. The van der Waals surface area contributed by atoms with Gasteiger partial charge in [0.25, 0.3) is 0 Å². The number of hydrogen-bond acceptors (Lipinski definition) is 5. The van der Waals surface area contributed by atoms with Crippen LogP contribution in [0.3, 0.4) is 0 Å². The molecule has 0 saturated carbocycles. The Morgan fingerprint density at radius 3 is 1.01 bits per heavy atom. The molecule has 0 rings (SSSR count). The van der Waals surface area contributed by atoms with Gasteiger partial charge in [-0.2, -0.15) is 0 Å². The summed E-state index contributed by atoms with van der Waals surface area (Å²) in [6, 6.07) is -0.541. The molecule has 0 aromatic heterocycles. The quantitative estimate of drug-likeness (QED) is 0.0320. The molecule has 2 atom stereocenters. The van der Waals surface area contributed by atoms with Crippen LogP contribution < -0.4 is 5.32 Å². The average molecular weight is 1030 g/mol. The Bertz CT molecular complexity index is 1100. The van der Waals surface area contributed by atoms with E-state index in [1.807, 2.05) is 0 Å². The number of hydrogen-bond donors (Lipinski definition) is 3. The molecule has 6 heteroatoms. The SMILES string of the molecule is CCCC/C=C\CCCCCCCC(=O)OCCCCCCCCCCCCCCCCCCCCCCCCCCC(=O)NC(CO)C(O)CCCCCCCCCCCCCCCCCCCCCCC. The number of carbonyl (C=O) groups is 2. The first-order chi connectivity index (χ1) is 36.0. The second-order valence-electron chi connectivity index (χ2n) is 23.2. The van der Waals surface area contributed by atoms with Crippen LogP contribution in [0.15, 0.2) is 12.2 Å². The highest BCUT2D eigenvalue weighted by molar-refractivity contribution is 5.76. The van der Waals surface area contributed by atoms with Gasteiger partial charge in [-0.1, -0.05) is 334 Å². The summed E-state index contributed by atoms with van der Waals surface area (Å²) < 4.78 is 5.46. The predicted octanol–water partition coefficient (Wildman–Crippen LogP) is 21.2. The Morgan fingerprint density at radius 2 is 0.658 bits per heavy atom. The maximum absolute atomic E-state index is 12.5. The van der Waals surface area contributed by atoms with Gasteiger partial charge in [0.15, 0.2) is 0 Å². The Balaban J connectivity index is 3.37. The van der Waals surface area contributed by atoms with Crippen LogP contribution in [0.25, 0.3) is 0 Å². The molecule has 0 fully saturated rings. The molecule has 2 unspecified atom stereocenters. The van der Waals surface area contributed by atoms with Gasteiger partial charge >= 0.3 is 5.97 Å². The predicted molar refractivity (Wildman–Crippen MR) is 320 cm³/mol. The third kappa shape index (κ3) is 59.7. The van der Waals surface area contributed by atoms with Crippen molar-refractivity contribution in [3.63, 3.8) is 0 Å². The van der Waals surface area contributed by atoms with Crippen molar-refractivity contribution in [2.45, 2.75) is 392 Å². The Labute approximate surface area is 457 Å². The zero-order valence-electron chi connectivity index (χ0n) is 49.6. The van der Waals surface area contributed by atoms with Gasteiger partial charge in [0.1, 0.15) is 0 Å². The Hall–Kier alpha value is -1.40. The number of aliphatic hydroxyl groups is 2. The zero-order valence-corrected chi connectivity index (χ0v) is 49.6. The molecule has 0 heterocycles. The van der Waals surface area contributed by atoms with Crippen LogP contribution in [0, 0.1) is 0 Å². The number of rotatable bonds is 63. The van der Waals surface area contributed by atoms with Crippen molar-refractivity contribution in [2.75, 3.05) is 13.2 Å². The van der Waals surface area contributed by atoms with E-state index >= 15 is 0 Å². The summed E-state index contributed by atoms with van der Waals surface area (Å²) in [4.78, 5) is 24.5. The second kappa shape index (κ2) is 63.1. The molecule has 6 nitrogen and oxygen atoms in total. The second-order valence-corrected chi connectivity index (χ2v) is 23.2. The van der Waals surface area contributed by atoms with Crippen LogP contribution in [0.1, 0.15) is 380 Å². The van der Waals surface area contributed by atoms with Gasteiger partial charge in [-0.3, -0.25) is 9.59 Å². The standard InChI is InChI=1S/C67H131NO5/c1-3-5-7-9-11-13-15-16-17-18-19-24-27-30-33-36-40-43-47-51-55-59-65(70)64(63-69)68-66(71)60-56-52-48-44-41-37-34-31-28-25-22-20-21-23-26-29-32-35-38-42-46-50-54-58-62-73-67(72)61-57-53-49-45-39-14-12-10-8-6-4-2/h10,12,64-65,69-70H,3-9,11,13-63H2,1-2H3,(H,68,71)/b12-10-. The van der Waals surface area contributed by atoms with E-state index in [4.69, 9.17) is 4.74 Å². The van der Waals surface area contributed by atoms with E-state index in [1.165, 1.54) is 302 Å². The molecule has 0 aromatic rings. The number of esters is 1. The van der Waals surface area contributed by atoms with E-state index in [9.17, 15) is 19.8 Å². The minimum absolute atomic E-state index is 0.00523. The van der Waals surface area contributed by atoms with E-state index in [0.717, 1.165) is 44.9 Å². The summed E-state index contributed by atoms with van der Waals surface area (Å²) in [6.07, 6.45) is 76.7. The molecule has 434 valence electrons. The number of allylic oxidation sites excluding steroid dienone is 2. The van der Waals surface area contributed by atoms with E-state index in [2.05, 4.69) is 31.3 Å². The van der Waals surface area contributed by atoms with Gasteiger partial charge < -0.3 is 20.3 Å². The van der Waals surface area contributed by atoms with Gasteiger partial charge in [-0.05, 0) is 44.9 Å². The molecule has 0 aliphatic rings. The van der Waals surface area contributed by atoms with E-state index in [1.54, 1.807) is 0 Å². The van der Waals surface area contributed by atoms with E-state index in [-0.39, 0.29) is 18.5 Å². The van der Waals surface area contributed by atoms with Gasteiger partial charge in [0.2, 0.25) is 5.91 Å². The molecule has 1 amide bonds. The molecule has 0 bridgehead atoms. The summed E-state index contributed by atoms with van der Waals surface area (Å²) in [5.41, 5.74) is 0. The number of carbonyl (C=O) groups excluding carboxylic acids is 2. The smallest absolute Gasteiger partial charge is 0.305 e. The van der Waals surface area contributed by atoms with Crippen LogP contribution in [0.5, 0.6) is 0 Å². The van der Waals surface area contributed by atoms with Crippen LogP contribution in [-0.4, -0.2) is 47.4 Å². The lowest BCUT2D eigenvalue weighted by Crippen LogP contribution is -2.45. The third-order valence-corrected chi connectivity index (χ3v) is 15.8. The molecule has 0 aromatic carbocycles. The van der Waals surface area contributed by atoms with E-state index in [0.29, 0.717) is 25.9 Å². The fourth-order valence-electron chi connectivity index (χ4n) is 10.7. The fourth-order valence-corrected chi connectivity index (χ4v) is 10.7. The van der Waals surface area contributed by atoms with Crippen molar-refractivity contribution < 1.29 is 24.5 Å². The summed E-state index contributed by atoms with van der Waals surface area (Å²) in [7, 11) is 0. The molecule has 0 aliphatic heterocycles. The monoisotopic (exact) mass is 1030 g/mol. The fraction of sp³-hybridized carbons (Fsp3) is 0.940. The maximum Gasteiger partial charge on any atom is 0.305 e. The van der Waals surface area contributed by atoms with Crippen molar-refractivity contribution in [1.29, 1.82) is 0 Å². The molecule has 0 radical (unpaired) electrons. The van der Waals surface area contributed by atoms with Crippen molar-refractivity contribution in [2.24, 2.45) is 0 Å². The van der Waals surface area contributed by atoms with Crippen LogP contribution in [0.2, 0.25) is 0 Å². The summed E-state index contributed by atoms with van der Waals surface area (Å²) in [6.45, 7) is 4.95. The highest BCUT2D eigenvalue weighted by atomic mass is 16.5. The van der Waals surface area contributed by atoms with E-state index < -0.39 is 12.1 Å². The number of amides is 1. The number of unbranched alkanes of at least 4 members (excludes halogenated alkanes) is 50. The average Bonchev–Trinajstić information content (AvgIpc) is 3.39. The summed E-state index contributed by atoms with van der Waals surface area (Å²) in [5.74, 6) is -0.0241. The maximum atomic E-state index is 12.5. The first-order valence-corrected chi connectivity index (χ1v) is 33.4. The number of nitrogens with one attached hydrogen (secondary N) is 1. The van der Waals surface area contributed by atoms with Gasteiger partial charge in [0.05, 0.1) is 25.4 Å². The van der Waals surface area contributed by atoms with Crippen molar-refractivity contribution in [3.8, 4) is 0 Å². The molecular formula is C67H131NO5. The first kappa shape index (κ1) is 71.6. The number of ether oxygens (including phenoxy) is 1. The molecule has 0 saturated heterocycles. The Morgan fingerprint density at radius 1 is 0.370 bits per heavy atom. The molecular weight excluding hydrogens is 899 g/mol. The Kier molecular flexibility index (Phi) is 61.9. The third-order valence-electron chi connectivity index (χ3n) is 15.8. The molecule has 0 spiro atoms. The minimum atomic E-state index is -0.664. The van der Waals surface area contributed by atoms with Crippen LogP contribution in [0.4, 0.5) is 0 Å². The highest BCUT2D eigenvalue weighted by Gasteiger charge is 2.20. The summed E-state index contributed by atoms with van der Waals surface area (Å²) in [5, 5.41) is 23.4. The lowest BCUT2D eigenvalue weighted by atomic mass is 10.0.